The molecule has 6 nitrogen and oxygen atoms in total. The van der Waals surface area contributed by atoms with Crippen molar-refractivity contribution in [2.75, 3.05) is 14.1 Å². The monoisotopic (exact) mass is 261 g/mol. The average molecular weight is 261 g/mol. The van der Waals surface area contributed by atoms with Crippen molar-refractivity contribution in [2.45, 2.75) is 26.4 Å². The van der Waals surface area contributed by atoms with Crippen molar-refractivity contribution in [3.8, 4) is 0 Å². The van der Waals surface area contributed by atoms with Crippen molar-refractivity contribution in [2.24, 2.45) is 0 Å². The summed E-state index contributed by atoms with van der Waals surface area (Å²) >= 11 is 0. The summed E-state index contributed by atoms with van der Waals surface area (Å²) in [6.45, 7) is 4.37. The number of fused-ring (bicyclic) bond motifs is 1. The molecule has 0 aromatic carbocycles. The van der Waals surface area contributed by atoms with E-state index in [9.17, 15) is 4.79 Å². The molecule has 0 radical (unpaired) electrons. The number of hydrogen-bond donors (Lipinski definition) is 1. The maximum Gasteiger partial charge on any atom is 0.238 e. The first-order valence-electron chi connectivity index (χ1n) is 6.23. The quantitative estimate of drug-likeness (QED) is 0.875. The second-order valence-electron chi connectivity index (χ2n) is 4.89. The lowest BCUT2D eigenvalue weighted by Crippen LogP contribution is -2.41. The van der Waals surface area contributed by atoms with Crippen LogP contribution in [0.25, 0.3) is 5.65 Å². The fourth-order valence-corrected chi connectivity index (χ4v) is 1.87. The Kier molecular flexibility index (Phi) is 3.80. The summed E-state index contributed by atoms with van der Waals surface area (Å²) in [5.74, 6) is 0.0592. The molecule has 2 heterocycles. The summed E-state index contributed by atoms with van der Waals surface area (Å²) < 4.78 is 1.75. The van der Waals surface area contributed by atoms with Gasteiger partial charge in [-0.1, -0.05) is 0 Å². The van der Waals surface area contributed by atoms with Crippen molar-refractivity contribution in [3.63, 3.8) is 0 Å². The van der Waals surface area contributed by atoms with Gasteiger partial charge in [0.15, 0.2) is 5.65 Å². The van der Waals surface area contributed by atoms with Crippen molar-refractivity contribution >= 4 is 11.6 Å². The summed E-state index contributed by atoms with van der Waals surface area (Å²) in [6, 6.07) is 1.71. The van der Waals surface area contributed by atoms with E-state index in [1.54, 1.807) is 29.7 Å². The van der Waals surface area contributed by atoms with Crippen molar-refractivity contribution in [1.29, 1.82) is 0 Å². The number of aryl methyl sites for hydroxylation is 1. The number of aromatic nitrogens is 3. The minimum atomic E-state index is -0.218. The van der Waals surface area contributed by atoms with Crippen molar-refractivity contribution in [3.05, 3.63) is 29.7 Å². The molecule has 0 aliphatic rings. The largest absolute Gasteiger partial charge is 0.347 e. The van der Waals surface area contributed by atoms with Crippen LogP contribution in [0.1, 0.15) is 18.2 Å². The zero-order valence-corrected chi connectivity index (χ0v) is 11.7. The van der Waals surface area contributed by atoms with E-state index in [-0.39, 0.29) is 11.9 Å². The third-order valence-corrected chi connectivity index (χ3v) is 2.91. The lowest BCUT2D eigenvalue weighted by molar-refractivity contribution is -0.130. The van der Waals surface area contributed by atoms with E-state index in [1.807, 2.05) is 26.1 Å². The molecule has 6 heteroatoms. The van der Waals surface area contributed by atoms with Gasteiger partial charge in [-0.05, 0) is 13.8 Å². The maximum atomic E-state index is 11.7. The molecule has 102 valence electrons. The highest BCUT2D eigenvalue weighted by Crippen LogP contribution is 2.05. The van der Waals surface area contributed by atoms with Crippen LogP contribution in [0.4, 0.5) is 0 Å². The Balaban J connectivity index is 2.03. The molecule has 2 aromatic rings. The van der Waals surface area contributed by atoms with Gasteiger partial charge in [0.05, 0.1) is 11.7 Å². The van der Waals surface area contributed by atoms with Gasteiger partial charge in [-0.15, -0.1) is 0 Å². The molecule has 2 rings (SSSR count). The first kappa shape index (κ1) is 13.5. The Morgan fingerprint density at radius 3 is 2.95 bits per heavy atom. The van der Waals surface area contributed by atoms with E-state index in [1.165, 1.54) is 0 Å². The highest BCUT2D eigenvalue weighted by Gasteiger charge is 2.13. The molecule has 19 heavy (non-hydrogen) atoms. The second-order valence-corrected chi connectivity index (χ2v) is 4.89. The number of likely N-dealkylation sites (N-methyl/N-ethyl adjacent to an activating group) is 1. The van der Waals surface area contributed by atoms with Crippen LogP contribution in [0, 0.1) is 6.92 Å². The molecule has 1 atom stereocenters. The number of carbonyl (C=O) groups excluding carboxylic acids is 1. The number of amides is 1. The van der Waals surface area contributed by atoms with Gasteiger partial charge >= 0.3 is 0 Å². The Bertz CT molecular complexity index is 590. The summed E-state index contributed by atoms with van der Waals surface area (Å²) in [6.07, 6.45) is 3.73. The molecule has 0 aliphatic heterocycles. The summed E-state index contributed by atoms with van der Waals surface area (Å²) in [5.41, 5.74) is 2.77. The molecule has 0 spiro atoms. The molecule has 2 aromatic heterocycles. The van der Waals surface area contributed by atoms with Crippen LogP contribution >= 0.6 is 0 Å². The zero-order valence-electron chi connectivity index (χ0n) is 11.7. The zero-order chi connectivity index (χ0) is 14.0. The van der Waals surface area contributed by atoms with Gasteiger partial charge in [-0.3, -0.25) is 4.79 Å². The standard InChI is InChI=1S/C13H19N5O/c1-9-5-12-15-7-11(8-18(12)16-9)6-14-10(2)13(19)17(3)4/h5,7-8,10,14H,6H2,1-4H3. The van der Waals surface area contributed by atoms with E-state index in [2.05, 4.69) is 15.4 Å². The molecule has 0 bridgehead atoms. The van der Waals surface area contributed by atoms with Gasteiger partial charge in [-0.2, -0.15) is 5.10 Å². The highest BCUT2D eigenvalue weighted by atomic mass is 16.2. The van der Waals surface area contributed by atoms with Crippen LogP contribution in [0.15, 0.2) is 18.5 Å². The number of carbonyl (C=O) groups is 1. The first-order chi connectivity index (χ1) is 8.97. The third-order valence-electron chi connectivity index (χ3n) is 2.91. The molecule has 1 unspecified atom stereocenters. The van der Waals surface area contributed by atoms with E-state index in [0.29, 0.717) is 6.54 Å². The second kappa shape index (κ2) is 5.36. The highest BCUT2D eigenvalue weighted by molar-refractivity contribution is 5.80. The molecular weight excluding hydrogens is 242 g/mol. The summed E-state index contributed by atoms with van der Waals surface area (Å²) in [4.78, 5) is 17.6. The number of hydrogen-bond acceptors (Lipinski definition) is 4. The predicted octanol–water partition coefficient (Wildman–Crippen LogP) is 0.604. The fraction of sp³-hybridized carbons (Fsp3) is 0.462. The van der Waals surface area contributed by atoms with E-state index in [0.717, 1.165) is 16.9 Å². The predicted molar refractivity (Wildman–Crippen MR) is 72.7 cm³/mol. The lowest BCUT2D eigenvalue weighted by atomic mass is 10.2. The number of nitrogens with zero attached hydrogens (tertiary/aromatic N) is 4. The molecular formula is C13H19N5O. The van der Waals surface area contributed by atoms with Gasteiger partial charge in [0, 0.05) is 44.7 Å². The maximum absolute atomic E-state index is 11.7. The molecule has 0 fully saturated rings. The normalized spacial score (nSPS) is 12.6. The van der Waals surface area contributed by atoms with Crippen molar-refractivity contribution in [1.82, 2.24) is 24.8 Å². The minimum absolute atomic E-state index is 0.0592. The molecule has 0 saturated heterocycles. The van der Waals surface area contributed by atoms with E-state index in [4.69, 9.17) is 0 Å². The van der Waals surface area contributed by atoms with E-state index >= 15 is 0 Å². The molecule has 0 aliphatic carbocycles. The number of rotatable bonds is 4. The van der Waals surface area contributed by atoms with Gasteiger partial charge in [0.2, 0.25) is 5.91 Å². The Labute approximate surface area is 112 Å². The SMILES string of the molecule is Cc1cc2ncc(CNC(C)C(=O)N(C)C)cn2n1. The van der Waals surface area contributed by atoms with Crippen LogP contribution in [0.3, 0.4) is 0 Å². The smallest absolute Gasteiger partial charge is 0.238 e. The van der Waals surface area contributed by atoms with Gasteiger partial charge in [0.25, 0.3) is 0 Å². The van der Waals surface area contributed by atoms with E-state index < -0.39 is 0 Å². The minimum Gasteiger partial charge on any atom is -0.347 e. The summed E-state index contributed by atoms with van der Waals surface area (Å²) in [5, 5.41) is 7.49. The van der Waals surface area contributed by atoms with Crippen LogP contribution in [0.2, 0.25) is 0 Å². The molecule has 1 amide bonds. The fourth-order valence-electron chi connectivity index (χ4n) is 1.87. The van der Waals surface area contributed by atoms with Crippen LogP contribution < -0.4 is 5.32 Å². The first-order valence-corrected chi connectivity index (χ1v) is 6.23. The van der Waals surface area contributed by atoms with Crippen LogP contribution in [0.5, 0.6) is 0 Å². The molecule has 0 saturated carbocycles. The van der Waals surface area contributed by atoms with Crippen LogP contribution in [-0.4, -0.2) is 45.5 Å². The Hall–Kier alpha value is -1.95. The van der Waals surface area contributed by atoms with Crippen molar-refractivity contribution < 1.29 is 4.79 Å². The lowest BCUT2D eigenvalue weighted by Gasteiger charge is -2.17. The van der Waals surface area contributed by atoms with Gasteiger partial charge in [0.1, 0.15) is 0 Å². The van der Waals surface area contributed by atoms with Gasteiger partial charge in [-0.25, -0.2) is 9.50 Å². The number of nitrogens with one attached hydrogen (secondary N) is 1. The molecule has 1 N–H and O–H groups in total. The third kappa shape index (κ3) is 3.08. The van der Waals surface area contributed by atoms with Crippen LogP contribution in [-0.2, 0) is 11.3 Å². The summed E-state index contributed by atoms with van der Waals surface area (Å²) in [7, 11) is 3.50. The Morgan fingerprint density at radius 2 is 2.26 bits per heavy atom. The topological polar surface area (TPSA) is 62.5 Å². The van der Waals surface area contributed by atoms with Gasteiger partial charge < -0.3 is 10.2 Å². The Morgan fingerprint density at radius 1 is 1.53 bits per heavy atom. The average Bonchev–Trinajstić information content (AvgIpc) is 2.74.